The highest BCUT2D eigenvalue weighted by Gasteiger charge is 2.47. The van der Waals surface area contributed by atoms with E-state index in [1.54, 1.807) is 18.2 Å². The van der Waals surface area contributed by atoms with Crippen molar-refractivity contribution >= 4 is 23.5 Å². The van der Waals surface area contributed by atoms with Crippen LogP contribution in [0, 0.1) is 5.82 Å². The lowest BCUT2D eigenvalue weighted by atomic mass is 10.1. The molecule has 0 aromatic heterocycles. The Kier molecular flexibility index (Phi) is 5.03. The first-order valence-electron chi connectivity index (χ1n) is 9.28. The molecule has 156 valence electrons. The fourth-order valence-electron chi connectivity index (χ4n) is 3.82. The SMILES string of the molecule is COc1ccc2c(c1OC)C(=O)O[C@H]2N1C(=O)CC[C@@H]1C(=O)Nc1ccccc1F. The molecule has 0 bridgehead atoms. The average Bonchev–Trinajstić information content (AvgIpc) is 3.28. The molecular weight excluding hydrogens is 395 g/mol. The monoisotopic (exact) mass is 414 g/mol. The fraction of sp³-hybridized carbons (Fsp3) is 0.286. The molecule has 1 saturated heterocycles. The summed E-state index contributed by atoms with van der Waals surface area (Å²) in [5.74, 6) is -1.63. The molecule has 9 heteroatoms. The summed E-state index contributed by atoms with van der Waals surface area (Å²) in [5, 5.41) is 2.51. The number of methoxy groups -OCH3 is 2. The lowest BCUT2D eigenvalue weighted by Crippen LogP contribution is -2.44. The van der Waals surface area contributed by atoms with Gasteiger partial charge in [-0.3, -0.25) is 14.5 Å². The Hall–Kier alpha value is -3.62. The molecule has 0 radical (unpaired) electrons. The highest BCUT2D eigenvalue weighted by molar-refractivity contribution is 6.01. The van der Waals surface area contributed by atoms with Crippen molar-refractivity contribution in [3.63, 3.8) is 0 Å². The number of likely N-dealkylation sites (tertiary alicyclic amines) is 1. The van der Waals surface area contributed by atoms with E-state index >= 15 is 0 Å². The van der Waals surface area contributed by atoms with Gasteiger partial charge >= 0.3 is 5.97 Å². The summed E-state index contributed by atoms with van der Waals surface area (Å²) in [7, 11) is 2.83. The van der Waals surface area contributed by atoms with Gasteiger partial charge in [0.2, 0.25) is 18.0 Å². The van der Waals surface area contributed by atoms with Crippen LogP contribution in [0.1, 0.15) is 35.0 Å². The Morgan fingerprint density at radius 1 is 1.17 bits per heavy atom. The molecule has 2 atom stereocenters. The van der Waals surface area contributed by atoms with Crippen LogP contribution in [-0.4, -0.2) is 42.9 Å². The topological polar surface area (TPSA) is 94.2 Å². The van der Waals surface area contributed by atoms with E-state index in [1.165, 1.54) is 37.3 Å². The minimum Gasteiger partial charge on any atom is -0.493 e. The number of esters is 1. The van der Waals surface area contributed by atoms with Crippen molar-refractivity contribution in [2.75, 3.05) is 19.5 Å². The normalized spacial score (nSPS) is 20.0. The minimum atomic E-state index is -1.08. The van der Waals surface area contributed by atoms with Crippen molar-refractivity contribution < 1.29 is 33.0 Å². The molecule has 4 rings (SSSR count). The fourth-order valence-corrected chi connectivity index (χ4v) is 3.82. The molecule has 2 amide bonds. The summed E-state index contributed by atoms with van der Waals surface area (Å²) in [4.78, 5) is 39.2. The first-order chi connectivity index (χ1) is 14.5. The third-order valence-electron chi connectivity index (χ3n) is 5.21. The van der Waals surface area contributed by atoms with Crippen LogP contribution in [0.5, 0.6) is 11.5 Å². The van der Waals surface area contributed by atoms with Gasteiger partial charge in [-0.05, 0) is 30.7 Å². The molecule has 2 heterocycles. The van der Waals surface area contributed by atoms with Gasteiger partial charge in [0.25, 0.3) is 0 Å². The zero-order valence-electron chi connectivity index (χ0n) is 16.3. The Morgan fingerprint density at radius 3 is 2.63 bits per heavy atom. The smallest absolute Gasteiger partial charge is 0.344 e. The van der Waals surface area contributed by atoms with Crippen molar-refractivity contribution in [3.8, 4) is 11.5 Å². The van der Waals surface area contributed by atoms with Crippen molar-refractivity contribution in [1.82, 2.24) is 4.90 Å². The van der Waals surface area contributed by atoms with E-state index in [0.29, 0.717) is 11.3 Å². The number of ether oxygens (including phenoxy) is 3. The number of nitrogens with zero attached hydrogens (tertiary/aromatic N) is 1. The summed E-state index contributed by atoms with van der Waals surface area (Å²) in [5.41, 5.74) is 0.559. The predicted octanol–water partition coefficient (Wildman–Crippen LogP) is 2.64. The van der Waals surface area contributed by atoms with Gasteiger partial charge in [0.05, 0.1) is 19.9 Å². The number of halogens is 1. The number of nitrogens with one attached hydrogen (secondary N) is 1. The van der Waals surface area contributed by atoms with E-state index in [1.807, 2.05) is 0 Å². The number of hydrogen-bond donors (Lipinski definition) is 1. The van der Waals surface area contributed by atoms with Crippen LogP contribution < -0.4 is 14.8 Å². The summed E-state index contributed by atoms with van der Waals surface area (Å²) < 4.78 is 29.9. The number of rotatable bonds is 5. The number of hydrogen-bond acceptors (Lipinski definition) is 6. The quantitative estimate of drug-likeness (QED) is 0.756. The van der Waals surface area contributed by atoms with E-state index in [0.717, 1.165) is 0 Å². The first kappa shape index (κ1) is 19.7. The van der Waals surface area contributed by atoms with Crippen LogP contribution in [0.4, 0.5) is 10.1 Å². The molecule has 2 aromatic rings. The third kappa shape index (κ3) is 3.12. The summed E-state index contributed by atoms with van der Waals surface area (Å²) >= 11 is 0. The second-order valence-electron chi connectivity index (χ2n) is 6.85. The van der Waals surface area contributed by atoms with Gasteiger partial charge in [-0.2, -0.15) is 0 Å². The molecule has 2 aromatic carbocycles. The van der Waals surface area contributed by atoms with Crippen LogP contribution in [-0.2, 0) is 14.3 Å². The second-order valence-corrected chi connectivity index (χ2v) is 6.85. The molecule has 0 saturated carbocycles. The van der Waals surface area contributed by atoms with E-state index < -0.39 is 30.0 Å². The number of carbonyl (C=O) groups is 3. The van der Waals surface area contributed by atoms with Gasteiger partial charge in [-0.1, -0.05) is 12.1 Å². The van der Waals surface area contributed by atoms with Gasteiger partial charge in [0, 0.05) is 12.0 Å². The molecule has 0 spiro atoms. The Balaban J connectivity index is 1.67. The van der Waals surface area contributed by atoms with E-state index in [2.05, 4.69) is 5.32 Å². The van der Waals surface area contributed by atoms with E-state index in [4.69, 9.17) is 14.2 Å². The lowest BCUT2D eigenvalue weighted by Gasteiger charge is -2.29. The standard InChI is InChI=1S/C21H19FN2O6/c1-28-15-9-7-11-17(18(15)29-2)21(27)30-20(11)24-14(8-10-16(24)25)19(26)23-13-6-4-3-5-12(13)22/h3-7,9,14,20H,8,10H2,1-2H3,(H,23,26)/t14-,20-/m1/s1. The summed E-state index contributed by atoms with van der Waals surface area (Å²) in [6.45, 7) is 0. The highest BCUT2D eigenvalue weighted by Crippen LogP contribution is 2.45. The number of anilines is 1. The second kappa shape index (κ2) is 7.66. The number of amides is 2. The maximum Gasteiger partial charge on any atom is 0.344 e. The summed E-state index contributed by atoms with van der Waals surface area (Å²) in [6.07, 6.45) is -0.763. The van der Waals surface area contributed by atoms with Crippen LogP contribution in [0.2, 0.25) is 0 Å². The lowest BCUT2D eigenvalue weighted by molar-refractivity contribution is -0.144. The third-order valence-corrected chi connectivity index (χ3v) is 5.21. The largest absolute Gasteiger partial charge is 0.493 e. The molecule has 2 aliphatic heterocycles. The molecule has 1 N–H and O–H groups in total. The van der Waals surface area contributed by atoms with Gasteiger partial charge in [-0.15, -0.1) is 0 Å². The van der Waals surface area contributed by atoms with Gasteiger partial charge < -0.3 is 19.5 Å². The number of cyclic esters (lactones) is 1. The van der Waals surface area contributed by atoms with Crippen LogP contribution >= 0.6 is 0 Å². The molecular formula is C21H19FN2O6. The molecule has 1 fully saturated rings. The Morgan fingerprint density at radius 2 is 1.93 bits per heavy atom. The number of fused-ring (bicyclic) bond motifs is 1. The van der Waals surface area contributed by atoms with Gasteiger partial charge in [-0.25, -0.2) is 9.18 Å². The molecule has 2 aliphatic rings. The van der Waals surface area contributed by atoms with Crippen molar-refractivity contribution in [3.05, 3.63) is 53.3 Å². The van der Waals surface area contributed by atoms with Crippen molar-refractivity contribution in [2.45, 2.75) is 25.1 Å². The molecule has 0 unspecified atom stereocenters. The van der Waals surface area contributed by atoms with Crippen LogP contribution in [0.3, 0.4) is 0 Å². The average molecular weight is 414 g/mol. The summed E-state index contributed by atoms with van der Waals surface area (Å²) in [6, 6.07) is 8.02. The van der Waals surface area contributed by atoms with Crippen molar-refractivity contribution in [1.29, 1.82) is 0 Å². The molecule has 8 nitrogen and oxygen atoms in total. The Labute approximate surface area is 171 Å². The van der Waals surface area contributed by atoms with E-state index in [9.17, 15) is 18.8 Å². The number of benzene rings is 2. The molecule has 30 heavy (non-hydrogen) atoms. The number of para-hydroxylation sites is 1. The van der Waals surface area contributed by atoms with Gasteiger partial charge in [0.1, 0.15) is 17.4 Å². The molecule has 0 aliphatic carbocycles. The van der Waals surface area contributed by atoms with Crippen molar-refractivity contribution in [2.24, 2.45) is 0 Å². The van der Waals surface area contributed by atoms with Crippen LogP contribution in [0.15, 0.2) is 36.4 Å². The predicted molar refractivity (Wildman–Crippen MR) is 103 cm³/mol. The zero-order valence-corrected chi connectivity index (χ0v) is 16.3. The van der Waals surface area contributed by atoms with Crippen LogP contribution in [0.25, 0.3) is 0 Å². The number of carbonyl (C=O) groups excluding carboxylic acids is 3. The maximum absolute atomic E-state index is 13.9. The maximum atomic E-state index is 13.9. The zero-order chi connectivity index (χ0) is 21.4. The first-order valence-corrected chi connectivity index (χ1v) is 9.28. The van der Waals surface area contributed by atoms with E-state index in [-0.39, 0.29) is 35.7 Å². The minimum absolute atomic E-state index is 0.0111. The van der Waals surface area contributed by atoms with Gasteiger partial charge in [0.15, 0.2) is 11.5 Å². The highest BCUT2D eigenvalue weighted by atomic mass is 19.1. The Bertz CT molecular complexity index is 1040.